The minimum atomic E-state index is 0.321. The van der Waals surface area contributed by atoms with Crippen molar-refractivity contribution in [3.63, 3.8) is 0 Å². The summed E-state index contributed by atoms with van der Waals surface area (Å²) >= 11 is 0. The van der Waals surface area contributed by atoms with Crippen molar-refractivity contribution < 1.29 is 9.47 Å². The lowest BCUT2D eigenvalue weighted by Gasteiger charge is -2.17. The minimum Gasteiger partial charge on any atom is -0.490 e. The van der Waals surface area contributed by atoms with Crippen molar-refractivity contribution in [2.24, 2.45) is 0 Å². The number of hydrogen-bond donors (Lipinski definition) is 1. The van der Waals surface area contributed by atoms with Gasteiger partial charge in [0.1, 0.15) is 5.82 Å². The van der Waals surface area contributed by atoms with Crippen LogP contribution in [0, 0.1) is 0 Å². The normalized spacial score (nSPS) is 15.0. The van der Waals surface area contributed by atoms with Gasteiger partial charge >= 0.3 is 0 Å². The predicted molar refractivity (Wildman–Crippen MR) is 95.6 cm³/mol. The summed E-state index contributed by atoms with van der Waals surface area (Å²) < 4.78 is 12.0. The number of aromatic amines is 1. The Morgan fingerprint density at radius 3 is 2.71 bits per heavy atom. The maximum atomic E-state index is 6.15. The molecule has 0 saturated heterocycles. The molecule has 0 unspecified atom stereocenters. The van der Waals surface area contributed by atoms with Gasteiger partial charge in [-0.2, -0.15) is 0 Å². The smallest absolute Gasteiger partial charge is 0.161 e. The molecule has 0 amide bonds. The van der Waals surface area contributed by atoms with Crippen LogP contribution in [0.2, 0.25) is 0 Å². The molecule has 0 bridgehead atoms. The highest BCUT2D eigenvalue weighted by Gasteiger charge is 2.19. The van der Waals surface area contributed by atoms with E-state index in [-0.39, 0.29) is 0 Å². The van der Waals surface area contributed by atoms with Crippen LogP contribution in [0.25, 0.3) is 22.4 Å². The lowest BCUT2D eigenvalue weighted by molar-refractivity contribution is 0.197. The summed E-state index contributed by atoms with van der Waals surface area (Å²) in [5.41, 5.74) is 3.02. The zero-order valence-electron chi connectivity index (χ0n) is 13.9. The standard InChI is InChI=1S/C20H22N2O2/c1-2-23-19-13-14(11-12-18(19)24-15-7-3-4-8-15)20-21-16-9-5-6-10-17(16)22-20/h5-6,9-13,15H,2-4,7-8H2,1H3,(H,21,22). The van der Waals surface area contributed by atoms with Crippen LogP contribution in [0.3, 0.4) is 0 Å². The first-order valence-corrected chi connectivity index (χ1v) is 8.72. The second-order valence-corrected chi connectivity index (χ2v) is 6.22. The van der Waals surface area contributed by atoms with Crippen molar-refractivity contribution in [3.05, 3.63) is 42.5 Å². The van der Waals surface area contributed by atoms with Gasteiger partial charge in [-0.05, 0) is 62.9 Å². The maximum Gasteiger partial charge on any atom is 0.161 e. The molecule has 1 N–H and O–H groups in total. The average molecular weight is 322 g/mol. The van der Waals surface area contributed by atoms with Crippen LogP contribution < -0.4 is 9.47 Å². The molecule has 0 atom stereocenters. The average Bonchev–Trinajstić information content (AvgIpc) is 3.25. The van der Waals surface area contributed by atoms with Crippen molar-refractivity contribution in [2.45, 2.75) is 38.7 Å². The summed E-state index contributed by atoms with van der Waals surface area (Å²) in [7, 11) is 0. The van der Waals surface area contributed by atoms with Crippen molar-refractivity contribution in [3.8, 4) is 22.9 Å². The monoisotopic (exact) mass is 322 g/mol. The van der Waals surface area contributed by atoms with Gasteiger partial charge in [-0.15, -0.1) is 0 Å². The van der Waals surface area contributed by atoms with Gasteiger partial charge in [-0.1, -0.05) is 12.1 Å². The third kappa shape index (κ3) is 2.96. The molecule has 1 saturated carbocycles. The van der Waals surface area contributed by atoms with Gasteiger partial charge in [0.25, 0.3) is 0 Å². The Balaban J connectivity index is 1.66. The first-order chi connectivity index (χ1) is 11.8. The summed E-state index contributed by atoms with van der Waals surface area (Å²) in [6, 6.07) is 14.1. The van der Waals surface area contributed by atoms with E-state index >= 15 is 0 Å². The molecule has 2 aromatic carbocycles. The predicted octanol–water partition coefficient (Wildman–Crippen LogP) is 4.95. The third-order valence-electron chi connectivity index (χ3n) is 4.50. The molecule has 3 aromatic rings. The molecule has 1 heterocycles. The van der Waals surface area contributed by atoms with E-state index in [1.165, 1.54) is 12.8 Å². The largest absolute Gasteiger partial charge is 0.490 e. The molecule has 0 spiro atoms. The molecule has 1 aliphatic rings. The zero-order valence-corrected chi connectivity index (χ0v) is 13.9. The highest BCUT2D eigenvalue weighted by molar-refractivity contribution is 5.79. The molecule has 1 aromatic heterocycles. The van der Waals surface area contributed by atoms with Gasteiger partial charge in [-0.25, -0.2) is 4.98 Å². The molecule has 24 heavy (non-hydrogen) atoms. The molecular weight excluding hydrogens is 300 g/mol. The number of para-hydroxylation sites is 2. The first kappa shape index (κ1) is 15.1. The number of nitrogens with one attached hydrogen (secondary N) is 1. The van der Waals surface area contributed by atoms with E-state index in [9.17, 15) is 0 Å². The van der Waals surface area contributed by atoms with Gasteiger partial charge in [-0.3, -0.25) is 0 Å². The quantitative estimate of drug-likeness (QED) is 0.723. The summed E-state index contributed by atoms with van der Waals surface area (Å²) in [6.07, 6.45) is 5.10. The van der Waals surface area contributed by atoms with E-state index in [4.69, 9.17) is 9.47 Å². The fraction of sp³-hybridized carbons (Fsp3) is 0.350. The molecule has 0 radical (unpaired) electrons. The Hall–Kier alpha value is -2.49. The number of H-pyrrole nitrogens is 1. The van der Waals surface area contributed by atoms with Crippen molar-refractivity contribution in [1.82, 2.24) is 9.97 Å². The molecule has 4 rings (SSSR count). The fourth-order valence-electron chi connectivity index (χ4n) is 3.30. The Kier molecular flexibility index (Phi) is 4.11. The summed E-state index contributed by atoms with van der Waals surface area (Å²) in [5, 5.41) is 0. The number of imidazole rings is 1. The lowest BCUT2D eigenvalue weighted by atomic mass is 10.2. The highest BCUT2D eigenvalue weighted by Crippen LogP contribution is 2.35. The van der Waals surface area contributed by atoms with Gasteiger partial charge in [0.15, 0.2) is 11.5 Å². The van der Waals surface area contributed by atoms with E-state index in [0.717, 1.165) is 46.8 Å². The Bertz CT molecular complexity index is 802. The van der Waals surface area contributed by atoms with E-state index in [2.05, 4.69) is 9.97 Å². The van der Waals surface area contributed by atoms with E-state index in [1.54, 1.807) is 0 Å². The Labute approximate surface area is 141 Å². The fourth-order valence-corrected chi connectivity index (χ4v) is 3.30. The number of aromatic nitrogens is 2. The summed E-state index contributed by atoms with van der Waals surface area (Å²) in [6.45, 7) is 2.61. The zero-order chi connectivity index (χ0) is 16.4. The van der Waals surface area contributed by atoms with Crippen LogP contribution in [-0.2, 0) is 0 Å². The van der Waals surface area contributed by atoms with Gasteiger partial charge in [0.2, 0.25) is 0 Å². The number of benzene rings is 2. The SMILES string of the molecule is CCOc1cc(-c2nc3ccccc3[nH]2)ccc1OC1CCCC1. The van der Waals surface area contributed by atoms with E-state index in [1.807, 2.05) is 49.4 Å². The molecule has 4 heteroatoms. The highest BCUT2D eigenvalue weighted by atomic mass is 16.5. The van der Waals surface area contributed by atoms with Crippen LogP contribution in [-0.4, -0.2) is 22.7 Å². The summed E-state index contributed by atoms with van der Waals surface area (Å²) in [4.78, 5) is 8.03. The van der Waals surface area contributed by atoms with Gasteiger partial charge in [0, 0.05) is 5.56 Å². The summed E-state index contributed by atoms with van der Waals surface area (Å²) in [5.74, 6) is 2.48. The van der Waals surface area contributed by atoms with Crippen molar-refractivity contribution in [2.75, 3.05) is 6.61 Å². The lowest BCUT2D eigenvalue weighted by Crippen LogP contribution is -2.11. The van der Waals surface area contributed by atoms with Crippen LogP contribution in [0.15, 0.2) is 42.5 Å². The van der Waals surface area contributed by atoms with Crippen LogP contribution in [0.5, 0.6) is 11.5 Å². The minimum absolute atomic E-state index is 0.321. The molecular formula is C20H22N2O2. The maximum absolute atomic E-state index is 6.15. The van der Waals surface area contributed by atoms with E-state index in [0.29, 0.717) is 12.7 Å². The van der Waals surface area contributed by atoms with Crippen molar-refractivity contribution in [1.29, 1.82) is 0 Å². The van der Waals surface area contributed by atoms with Crippen LogP contribution in [0.4, 0.5) is 0 Å². The molecule has 1 fully saturated rings. The second kappa shape index (κ2) is 6.56. The molecule has 124 valence electrons. The topological polar surface area (TPSA) is 47.1 Å². The van der Waals surface area contributed by atoms with E-state index < -0.39 is 0 Å². The first-order valence-electron chi connectivity index (χ1n) is 8.72. The van der Waals surface area contributed by atoms with Crippen LogP contribution >= 0.6 is 0 Å². The van der Waals surface area contributed by atoms with Crippen LogP contribution in [0.1, 0.15) is 32.6 Å². The Morgan fingerprint density at radius 2 is 1.92 bits per heavy atom. The number of ether oxygens (including phenoxy) is 2. The number of rotatable bonds is 5. The van der Waals surface area contributed by atoms with Gasteiger partial charge in [0.05, 0.1) is 23.7 Å². The number of hydrogen-bond acceptors (Lipinski definition) is 3. The second-order valence-electron chi connectivity index (χ2n) is 6.22. The number of nitrogens with zero attached hydrogens (tertiary/aromatic N) is 1. The Morgan fingerprint density at radius 1 is 1.08 bits per heavy atom. The molecule has 0 aliphatic heterocycles. The third-order valence-corrected chi connectivity index (χ3v) is 4.50. The number of fused-ring (bicyclic) bond motifs is 1. The van der Waals surface area contributed by atoms with Crippen molar-refractivity contribution >= 4 is 11.0 Å². The molecule has 4 nitrogen and oxygen atoms in total. The van der Waals surface area contributed by atoms with Gasteiger partial charge < -0.3 is 14.5 Å². The molecule has 1 aliphatic carbocycles.